The molecular formula is C15H25NO10S. The number of hydrogen-bond acceptors (Lipinski definition) is 11. The summed E-state index contributed by atoms with van der Waals surface area (Å²) in [5.74, 6) is -1.89. The Labute approximate surface area is 157 Å². The lowest BCUT2D eigenvalue weighted by atomic mass is 9.99. The Bertz CT molecular complexity index is 642. The first kappa shape index (κ1) is 23.3. The van der Waals surface area contributed by atoms with Gasteiger partial charge in [0, 0.05) is 6.20 Å². The van der Waals surface area contributed by atoms with Crippen molar-refractivity contribution in [2.24, 2.45) is 0 Å². The second-order valence-electron chi connectivity index (χ2n) is 5.67. The van der Waals surface area contributed by atoms with Crippen molar-refractivity contribution in [1.29, 1.82) is 0 Å². The van der Waals surface area contributed by atoms with Gasteiger partial charge in [0.25, 0.3) is 10.1 Å². The van der Waals surface area contributed by atoms with Crippen molar-refractivity contribution >= 4 is 22.1 Å². The molecule has 0 aromatic rings. The molecule has 1 saturated heterocycles. The van der Waals surface area contributed by atoms with Gasteiger partial charge in [0.1, 0.15) is 18.3 Å². The topological polar surface area (TPSA) is 158 Å². The van der Waals surface area contributed by atoms with Gasteiger partial charge in [-0.25, -0.2) is 9.59 Å². The molecule has 5 atom stereocenters. The number of esters is 2. The SMILES string of the molecule is CCOC(=O)C(=CN[C@H]1O[C@@H](C)[C@H](OS(C)(=O)=O)[C@@H](O)[C@H]1O)C(=O)OCC. The molecule has 1 aliphatic rings. The molecule has 1 rings (SSSR count). The van der Waals surface area contributed by atoms with E-state index in [2.05, 4.69) is 5.32 Å². The van der Waals surface area contributed by atoms with Crippen molar-refractivity contribution in [1.82, 2.24) is 5.32 Å². The maximum absolute atomic E-state index is 11.9. The van der Waals surface area contributed by atoms with E-state index in [0.29, 0.717) is 0 Å². The minimum Gasteiger partial charge on any atom is -0.462 e. The van der Waals surface area contributed by atoms with E-state index in [1.54, 1.807) is 13.8 Å². The predicted octanol–water partition coefficient (Wildman–Crippen LogP) is -1.60. The molecular weight excluding hydrogens is 386 g/mol. The molecule has 1 aliphatic heterocycles. The van der Waals surface area contributed by atoms with Crippen LogP contribution in [0.2, 0.25) is 0 Å². The van der Waals surface area contributed by atoms with Crippen LogP contribution in [0.25, 0.3) is 0 Å². The van der Waals surface area contributed by atoms with E-state index in [1.165, 1.54) is 6.92 Å². The summed E-state index contributed by atoms with van der Waals surface area (Å²) in [6.07, 6.45) is -4.99. The van der Waals surface area contributed by atoms with Gasteiger partial charge < -0.3 is 29.7 Å². The second kappa shape index (κ2) is 9.99. The monoisotopic (exact) mass is 411 g/mol. The molecule has 1 heterocycles. The zero-order valence-electron chi connectivity index (χ0n) is 15.4. The van der Waals surface area contributed by atoms with Crippen molar-refractivity contribution in [2.45, 2.75) is 51.4 Å². The number of rotatable bonds is 8. The highest BCUT2D eigenvalue weighted by Gasteiger charge is 2.44. The molecule has 0 saturated carbocycles. The maximum Gasteiger partial charge on any atom is 0.347 e. The first-order valence-corrected chi connectivity index (χ1v) is 10.0. The highest BCUT2D eigenvalue weighted by Crippen LogP contribution is 2.23. The fourth-order valence-electron chi connectivity index (χ4n) is 2.30. The summed E-state index contributed by atoms with van der Waals surface area (Å²) >= 11 is 0. The third kappa shape index (κ3) is 6.74. The second-order valence-corrected chi connectivity index (χ2v) is 7.27. The summed E-state index contributed by atoms with van der Waals surface area (Å²) in [6.45, 7) is 4.60. The first-order valence-electron chi connectivity index (χ1n) is 8.22. The Morgan fingerprint density at radius 3 is 2.07 bits per heavy atom. The lowest BCUT2D eigenvalue weighted by molar-refractivity contribution is -0.214. The van der Waals surface area contributed by atoms with Gasteiger partial charge in [-0.3, -0.25) is 4.18 Å². The van der Waals surface area contributed by atoms with Crippen LogP contribution < -0.4 is 5.32 Å². The van der Waals surface area contributed by atoms with Crippen LogP contribution in [0.15, 0.2) is 11.8 Å². The summed E-state index contributed by atoms with van der Waals surface area (Å²) in [5.41, 5.74) is -0.467. The minimum atomic E-state index is -3.90. The predicted molar refractivity (Wildman–Crippen MR) is 90.6 cm³/mol. The molecule has 0 radical (unpaired) electrons. The van der Waals surface area contributed by atoms with Crippen LogP contribution in [0, 0.1) is 0 Å². The average molecular weight is 411 g/mol. The third-order valence-corrected chi connectivity index (χ3v) is 4.06. The Hall–Kier alpha value is -1.73. The summed E-state index contributed by atoms with van der Waals surface area (Å²) in [6, 6.07) is 0. The van der Waals surface area contributed by atoms with Crippen LogP contribution in [0.1, 0.15) is 20.8 Å². The molecule has 12 heteroatoms. The summed E-state index contributed by atoms with van der Waals surface area (Å²) in [4.78, 5) is 23.8. The van der Waals surface area contributed by atoms with E-state index < -0.39 is 58.3 Å². The lowest BCUT2D eigenvalue weighted by Gasteiger charge is -2.40. The molecule has 27 heavy (non-hydrogen) atoms. The molecule has 1 fully saturated rings. The first-order chi connectivity index (χ1) is 12.5. The summed E-state index contributed by atoms with van der Waals surface area (Å²) in [7, 11) is -3.90. The van der Waals surface area contributed by atoms with Crippen LogP contribution >= 0.6 is 0 Å². The van der Waals surface area contributed by atoms with Gasteiger partial charge in [-0.2, -0.15) is 8.42 Å². The zero-order chi connectivity index (χ0) is 20.8. The van der Waals surface area contributed by atoms with Gasteiger partial charge in [0.15, 0.2) is 11.8 Å². The van der Waals surface area contributed by atoms with Gasteiger partial charge in [-0.1, -0.05) is 0 Å². The molecule has 156 valence electrons. The van der Waals surface area contributed by atoms with Gasteiger partial charge >= 0.3 is 11.9 Å². The number of hydrogen-bond donors (Lipinski definition) is 3. The summed E-state index contributed by atoms with van der Waals surface area (Å²) in [5, 5.41) is 22.8. The maximum atomic E-state index is 11.9. The average Bonchev–Trinajstić information content (AvgIpc) is 2.56. The fourth-order valence-corrected chi connectivity index (χ4v) is 2.97. The van der Waals surface area contributed by atoms with Crippen molar-refractivity contribution in [3.8, 4) is 0 Å². The largest absolute Gasteiger partial charge is 0.462 e. The number of carbonyl (C=O) groups is 2. The minimum absolute atomic E-state index is 0.0262. The Balaban J connectivity index is 2.94. The highest BCUT2D eigenvalue weighted by molar-refractivity contribution is 7.86. The lowest BCUT2D eigenvalue weighted by Crippen LogP contribution is -2.61. The molecule has 0 unspecified atom stereocenters. The standard InChI is InChI=1S/C15H25NO10S/c1-5-23-14(19)9(15(20)24-6-2)7-16-13-11(18)10(17)12(8(3)25-13)26-27(4,21)22/h7-8,10-13,16-18H,5-6H2,1-4H3/t8-,10-,11+,12-,13-/m0/s1. The van der Waals surface area contributed by atoms with Crippen LogP contribution in [0.4, 0.5) is 0 Å². The van der Waals surface area contributed by atoms with Gasteiger partial charge in [-0.15, -0.1) is 0 Å². The van der Waals surface area contributed by atoms with Crippen molar-refractivity contribution < 1.29 is 46.6 Å². The van der Waals surface area contributed by atoms with Crippen molar-refractivity contribution in [3.05, 3.63) is 11.8 Å². The third-order valence-electron chi connectivity index (χ3n) is 3.49. The Morgan fingerprint density at radius 1 is 1.11 bits per heavy atom. The molecule has 0 spiro atoms. The normalized spacial score (nSPS) is 28.1. The molecule has 3 N–H and O–H groups in total. The molecule has 0 aliphatic carbocycles. The highest BCUT2D eigenvalue weighted by atomic mass is 32.2. The molecule has 11 nitrogen and oxygen atoms in total. The van der Waals surface area contributed by atoms with E-state index in [1.807, 2.05) is 0 Å². The van der Waals surface area contributed by atoms with E-state index >= 15 is 0 Å². The molecule has 0 aromatic heterocycles. The van der Waals surface area contributed by atoms with E-state index in [-0.39, 0.29) is 13.2 Å². The fraction of sp³-hybridized carbons (Fsp3) is 0.733. The van der Waals surface area contributed by atoms with Gasteiger partial charge in [-0.05, 0) is 20.8 Å². The van der Waals surface area contributed by atoms with Gasteiger partial charge in [0.2, 0.25) is 0 Å². The number of aliphatic hydroxyl groups excluding tert-OH is 2. The number of nitrogens with one attached hydrogen (secondary N) is 1. The van der Waals surface area contributed by atoms with Crippen LogP contribution in [0.3, 0.4) is 0 Å². The van der Waals surface area contributed by atoms with Crippen LogP contribution in [-0.2, 0) is 38.1 Å². The zero-order valence-corrected chi connectivity index (χ0v) is 16.3. The van der Waals surface area contributed by atoms with E-state index in [0.717, 1.165) is 12.5 Å². The quantitative estimate of drug-likeness (QED) is 0.139. The Morgan fingerprint density at radius 2 is 1.63 bits per heavy atom. The smallest absolute Gasteiger partial charge is 0.347 e. The summed E-state index contributed by atoms with van der Waals surface area (Å²) < 4.78 is 42.2. The molecule has 0 amide bonds. The molecule has 0 bridgehead atoms. The number of ether oxygens (including phenoxy) is 3. The van der Waals surface area contributed by atoms with E-state index in [9.17, 15) is 28.2 Å². The van der Waals surface area contributed by atoms with Crippen molar-refractivity contribution in [3.63, 3.8) is 0 Å². The number of aliphatic hydroxyl groups is 2. The van der Waals surface area contributed by atoms with E-state index in [4.69, 9.17) is 18.4 Å². The van der Waals surface area contributed by atoms with Gasteiger partial charge in [0.05, 0.1) is 25.6 Å². The van der Waals surface area contributed by atoms with Crippen LogP contribution in [-0.4, -0.2) is 80.7 Å². The molecule has 0 aromatic carbocycles. The van der Waals surface area contributed by atoms with Crippen LogP contribution in [0.5, 0.6) is 0 Å². The number of carbonyl (C=O) groups excluding carboxylic acids is 2. The van der Waals surface area contributed by atoms with Crippen molar-refractivity contribution in [2.75, 3.05) is 19.5 Å². The Kier molecular flexibility index (Phi) is 8.62.